The van der Waals surface area contributed by atoms with Gasteiger partial charge >= 0.3 is 0 Å². The summed E-state index contributed by atoms with van der Waals surface area (Å²) in [5, 5.41) is 8.66. The van der Waals surface area contributed by atoms with Crippen LogP contribution in [-0.4, -0.2) is 16.8 Å². The number of carbonyl (C=O) groups excluding carboxylic acids is 2. The highest BCUT2D eigenvalue weighted by atomic mass is 32.1. The van der Waals surface area contributed by atoms with Gasteiger partial charge in [0, 0.05) is 40.3 Å². The first-order valence-electron chi connectivity index (χ1n) is 14.4. The largest absolute Gasteiger partial charge is 0.348 e. The van der Waals surface area contributed by atoms with E-state index in [4.69, 9.17) is 4.98 Å². The Balaban J connectivity index is 1.01. The topological polar surface area (TPSA) is 71.1 Å². The smallest absolute Gasteiger partial charge is 0.251 e. The predicted molar refractivity (Wildman–Crippen MR) is 166 cm³/mol. The summed E-state index contributed by atoms with van der Waals surface area (Å²) in [7, 11) is 0. The van der Waals surface area contributed by atoms with Crippen molar-refractivity contribution in [2.45, 2.75) is 37.1 Å². The third kappa shape index (κ3) is 3.51. The lowest BCUT2D eigenvalue weighted by atomic mass is 9.36. The number of anilines is 1. The summed E-state index contributed by atoms with van der Waals surface area (Å²) in [6.45, 7) is 2.58. The third-order valence-corrected chi connectivity index (χ3v) is 10.4. The van der Waals surface area contributed by atoms with Crippen molar-refractivity contribution in [3.8, 4) is 11.3 Å². The molecule has 1 heterocycles. The Kier molecular flexibility index (Phi) is 5.53. The van der Waals surface area contributed by atoms with Gasteiger partial charge < -0.3 is 10.6 Å². The molecule has 2 amide bonds. The quantitative estimate of drug-likeness (QED) is 0.227. The summed E-state index contributed by atoms with van der Waals surface area (Å²) < 4.78 is 0. The second kappa shape index (κ2) is 9.23. The van der Waals surface area contributed by atoms with Crippen LogP contribution in [0.2, 0.25) is 0 Å². The number of hydrogen-bond acceptors (Lipinski definition) is 4. The fraction of sp³-hybridized carbons (Fsp3) is 0.194. The van der Waals surface area contributed by atoms with Crippen LogP contribution in [0.25, 0.3) is 11.3 Å². The van der Waals surface area contributed by atoms with E-state index in [9.17, 15) is 9.59 Å². The molecule has 0 bridgehead atoms. The number of hydrogen-bond donors (Lipinski definition) is 2. The van der Waals surface area contributed by atoms with Crippen LogP contribution in [0.5, 0.6) is 0 Å². The molecule has 1 saturated carbocycles. The van der Waals surface area contributed by atoms with Crippen molar-refractivity contribution in [2.75, 3.05) is 5.32 Å². The molecule has 8 rings (SSSR count). The Labute approximate surface area is 248 Å². The number of nitrogens with one attached hydrogen (secondary N) is 2. The minimum Gasteiger partial charge on any atom is -0.348 e. The van der Waals surface area contributed by atoms with E-state index >= 15 is 0 Å². The maximum Gasteiger partial charge on any atom is 0.251 e. The Bertz CT molecular complexity index is 1880. The number of rotatable bonds is 6. The van der Waals surface area contributed by atoms with Gasteiger partial charge in [-0.25, -0.2) is 4.98 Å². The van der Waals surface area contributed by atoms with Gasteiger partial charge in [0.25, 0.3) is 5.91 Å². The summed E-state index contributed by atoms with van der Waals surface area (Å²) in [5.41, 5.74) is 8.20. The van der Waals surface area contributed by atoms with E-state index in [0.29, 0.717) is 23.2 Å². The molecule has 3 aliphatic carbocycles. The molecular formula is C36H29N3O2S. The monoisotopic (exact) mass is 567 g/mol. The lowest BCUT2D eigenvalue weighted by molar-refractivity contribution is -0.138. The van der Waals surface area contributed by atoms with E-state index in [1.165, 1.54) is 33.6 Å². The van der Waals surface area contributed by atoms with Gasteiger partial charge in [-0.05, 0) is 46.4 Å². The Morgan fingerprint density at radius 1 is 0.881 bits per heavy atom. The second-order valence-electron chi connectivity index (χ2n) is 12.0. The molecule has 1 fully saturated rings. The van der Waals surface area contributed by atoms with Crippen LogP contribution < -0.4 is 10.6 Å². The van der Waals surface area contributed by atoms with Gasteiger partial charge in [0.05, 0.1) is 11.1 Å². The summed E-state index contributed by atoms with van der Waals surface area (Å²) in [6.07, 6.45) is 0.825. The molecule has 5 nitrogen and oxygen atoms in total. The van der Waals surface area contributed by atoms with Gasteiger partial charge in [-0.15, -0.1) is 11.3 Å². The SMILES string of the molecule is C[C@@]1(C(=O)Nc2nc(-c3cccc(C(=O)NCc4ccccc4)c3)cs2)CC23c4ccccc4C2c2ccccc2C31. The zero-order chi connectivity index (χ0) is 28.5. The average molecular weight is 568 g/mol. The first-order valence-corrected chi connectivity index (χ1v) is 15.2. The van der Waals surface area contributed by atoms with E-state index in [2.05, 4.69) is 66.1 Å². The lowest BCUT2D eigenvalue weighted by Gasteiger charge is -2.65. The van der Waals surface area contributed by atoms with Crippen molar-refractivity contribution < 1.29 is 9.59 Å². The zero-order valence-electron chi connectivity index (χ0n) is 23.1. The van der Waals surface area contributed by atoms with E-state index in [-0.39, 0.29) is 23.1 Å². The van der Waals surface area contributed by atoms with E-state index in [0.717, 1.165) is 23.2 Å². The minimum absolute atomic E-state index is 0.0158. The van der Waals surface area contributed by atoms with Crippen molar-refractivity contribution in [2.24, 2.45) is 5.41 Å². The molecule has 1 spiro atoms. The predicted octanol–water partition coefficient (Wildman–Crippen LogP) is 7.27. The first kappa shape index (κ1) is 25.2. The first-order chi connectivity index (χ1) is 20.5. The molecule has 0 aliphatic heterocycles. The lowest BCUT2D eigenvalue weighted by Crippen LogP contribution is -2.64. The molecule has 6 heteroatoms. The molecule has 0 saturated heterocycles. The second-order valence-corrected chi connectivity index (χ2v) is 12.8. The molecule has 4 atom stereocenters. The number of nitrogens with zero attached hydrogens (tertiary/aromatic N) is 1. The molecule has 3 unspecified atom stereocenters. The summed E-state index contributed by atoms with van der Waals surface area (Å²) in [4.78, 5) is 31.5. The van der Waals surface area contributed by atoms with E-state index < -0.39 is 5.41 Å². The molecule has 42 heavy (non-hydrogen) atoms. The zero-order valence-corrected chi connectivity index (χ0v) is 23.9. The van der Waals surface area contributed by atoms with Crippen molar-refractivity contribution in [1.29, 1.82) is 0 Å². The van der Waals surface area contributed by atoms with Crippen LogP contribution in [-0.2, 0) is 16.8 Å². The highest BCUT2D eigenvalue weighted by Crippen LogP contribution is 2.80. The molecule has 2 N–H and O–H groups in total. The third-order valence-electron chi connectivity index (χ3n) is 9.68. The fourth-order valence-electron chi connectivity index (χ4n) is 8.01. The summed E-state index contributed by atoms with van der Waals surface area (Å²) in [5.74, 6) is 0.405. The van der Waals surface area contributed by atoms with Crippen LogP contribution in [0.4, 0.5) is 5.13 Å². The highest BCUT2D eigenvalue weighted by molar-refractivity contribution is 7.14. The van der Waals surface area contributed by atoms with Gasteiger partial charge in [-0.3, -0.25) is 9.59 Å². The van der Waals surface area contributed by atoms with Gasteiger partial charge in [-0.2, -0.15) is 0 Å². The Morgan fingerprint density at radius 3 is 2.45 bits per heavy atom. The Hall–Kier alpha value is -4.55. The van der Waals surface area contributed by atoms with E-state index in [1.807, 2.05) is 53.9 Å². The number of amides is 2. The van der Waals surface area contributed by atoms with E-state index in [1.54, 1.807) is 6.07 Å². The van der Waals surface area contributed by atoms with Crippen molar-refractivity contribution >= 4 is 28.3 Å². The number of aromatic nitrogens is 1. The van der Waals surface area contributed by atoms with Crippen LogP contribution in [0.3, 0.4) is 0 Å². The maximum absolute atomic E-state index is 13.9. The molecule has 0 radical (unpaired) electrons. The number of carbonyl (C=O) groups is 2. The molecule has 5 aromatic rings. The Morgan fingerprint density at radius 2 is 1.62 bits per heavy atom. The van der Waals surface area contributed by atoms with Gasteiger partial charge in [0.15, 0.2) is 5.13 Å². The van der Waals surface area contributed by atoms with Crippen molar-refractivity contribution in [1.82, 2.24) is 10.3 Å². The molecule has 206 valence electrons. The van der Waals surface area contributed by atoms with Crippen molar-refractivity contribution in [3.05, 3.63) is 142 Å². The molecule has 4 aromatic carbocycles. The summed E-state index contributed by atoms with van der Waals surface area (Å²) in [6, 6.07) is 34.7. The van der Waals surface area contributed by atoms with Crippen LogP contribution >= 0.6 is 11.3 Å². The number of benzene rings is 4. The fourth-order valence-corrected chi connectivity index (χ4v) is 8.73. The molecule has 3 aliphatic rings. The standard InChI is InChI=1S/C36H29N3O2S/c1-35(21-36-28-17-8-7-16-27(28)30(36)25-14-5-6-15-26(25)31(35)36)33(41)39-34-38-29(20-42-34)23-12-9-13-24(18-23)32(40)37-19-22-10-3-2-4-11-22/h2-18,20,30-31H,19,21H2,1H3,(H,37,40)(H,38,39,41)/t30?,31?,35-,36?/m1/s1. The number of thiazole rings is 1. The van der Waals surface area contributed by atoms with Gasteiger partial charge in [0.2, 0.25) is 5.91 Å². The highest BCUT2D eigenvalue weighted by Gasteiger charge is 2.76. The normalized spacial score (nSPS) is 24.2. The van der Waals surface area contributed by atoms with Crippen molar-refractivity contribution in [3.63, 3.8) is 0 Å². The molecular weight excluding hydrogens is 538 g/mol. The van der Waals surface area contributed by atoms with Gasteiger partial charge in [-0.1, -0.05) is 97.9 Å². The maximum atomic E-state index is 13.9. The average Bonchev–Trinajstić information content (AvgIpc) is 3.56. The number of fused-ring (bicyclic) bond motifs is 5. The molecule has 1 aromatic heterocycles. The van der Waals surface area contributed by atoms with Crippen LogP contribution in [0.1, 0.15) is 63.4 Å². The summed E-state index contributed by atoms with van der Waals surface area (Å²) >= 11 is 1.41. The van der Waals surface area contributed by atoms with Crippen LogP contribution in [0, 0.1) is 5.41 Å². The minimum atomic E-state index is -0.527. The van der Waals surface area contributed by atoms with Gasteiger partial charge in [0.1, 0.15) is 0 Å². The van der Waals surface area contributed by atoms with Crippen LogP contribution in [0.15, 0.2) is 109 Å².